The average Bonchev–Trinajstić information content (AvgIpc) is 2.64. The fourth-order valence-corrected chi connectivity index (χ4v) is 2.68. The standard InChI is InChI=1S/C19H25N3O4/c1-13(2)22-19(25)15-10-7-6-9-14(15)17(21-22)18(24)20-12-8-4-5-11-16(23)26-3/h6-7,9-10,13H,4-5,8,11-12H2,1-3H3,(H,20,24). The number of rotatable bonds is 8. The van der Waals surface area contributed by atoms with Gasteiger partial charge in [0.1, 0.15) is 0 Å². The lowest BCUT2D eigenvalue weighted by Gasteiger charge is -2.13. The van der Waals surface area contributed by atoms with Crippen molar-refractivity contribution in [3.8, 4) is 0 Å². The molecule has 7 nitrogen and oxygen atoms in total. The van der Waals surface area contributed by atoms with Crippen molar-refractivity contribution in [1.29, 1.82) is 0 Å². The molecule has 1 aromatic carbocycles. The highest BCUT2D eigenvalue weighted by atomic mass is 16.5. The van der Waals surface area contributed by atoms with Gasteiger partial charge in [-0.1, -0.05) is 24.6 Å². The molecule has 2 aromatic rings. The highest BCUT2D eigenvalue weighted by molar-refractivity contribution is 6.04. The lowest BCUT2D eigenvalue weighted by atomic mass is 10.1. The third-order valence-electron chi connectivity index (χ3n) is 4.10. The minimum Gasteiger partial charge on any atom is -0.469 e. The highest BCUT2D eigenvalue weighted by Gasteiger charge is 2.17. The maximum absolute atomic E-state index is 12.6. The SMILES string of the molecule is COC(=O)CCCCCNC(=O)c1nn(C(C)C)c(=O)c2ccccc12. The van der Waals surface area contributed by atoms with Crippen LogP contribution in [0.15, 0.2) is 29.1 Å². The van der Waals surface area contributed by atoms with E-state index in [1.54, 1.807) is 24.3 Å². The second-order valence-electron chi connectivity index (χ2n) is 6.38. The van der Waals surface area contributed by atoms with Gasteiger partial charge >= 0.3 is 5.97 Å². The Morgan fingerprint density at radius 2 is 1.85 bits per heavy atom. The zero-order chi connectivity index (χ0) is 19.1. The number of unbranched alkanes of at least 4 members (excludes halogenated alkanes) is 2. The summed E-state index contributed by atoms with van der Waals surface area (Å²) < 4.78 is 5.93. The second kappa shape index (κ2) is 9.12. The summed E-state index contributed by atoms with van der Waals surface area (Å²) in [6, 6.07) is 6.86. The average molecular weight is 359 g/mol. The normalized spacial score (nSPS) is 10.9. The van der Waals surface area contributed by atoms with Gasteiger partial charge in [-0.25, -0.2) is 4.68 Å². The number of esters is 1. The van der Waals surface area contributed by atoms with E-state index in [0.717, 1.165) is 19.3 Å². The number of amides is 1. The van der Waals surface area contributed by atoms with Crippen LogP contribution in [0.5, 0.6) is 0 Å². The van der Waals surface area contributed by atoms with Crippen molar-refractivity contribution in [3.63, 3.8) is 0 Å². The molecule has 0 aliphatic carbocycles. The summed E-state index contributed by atoms with van der Waals surface area (Å²) in [4.78, 5) is 36.1. The van der Waals surface area contributed by atoms with Crippen LogP contribution in [0.3, 0.4) is 0 Å². The van der Waals surface area contributed by atoms with Crippen molar-refractivity contribution >= 4 is 22.6 Å². The summed E-state index contributed by atoms with van der Waals surface area (Å²) in [5.41, 5.74) is 0.0541. The molecule has 140 valence electrons. The monoisotopic (exact) mass is 359 g/mol. The molecule has 0 unspecified atom stereocenters. The molecular weight excluding hydrogens is 334 g/mol. The van der Waals surface area contributed by atoms with E-state index in [0.29, 0.717) is 23.7 Å². The van der Waals surface area contributed by atoms with Gasteiger partial charge in [-0.05, 0) is 32.8 Å². The van der Waals surface area contributed by atoms with Crippen LogP contribution in [0.1, 0.15) is 56.1 Å². The Morgan fingerprint density at radius 1 is 1.15 bits per heavy atom. The number of aromatic nitrogens is 2. The van der Waals surface area contributed by atoms with Gasteiger partial charge in [0.25, 0.3) is 11.5 Å². The first-order chi connectivity index (χ1) is 12.5. The van der Waals surface area contributed by atoms with Crippen LogP contribution in [0, 0.1) is 0 Å². The van der Waals surface area contributed by atoms with Crippen LogP contribution in [0.4, 0.5) is 0 Å². The molecule has 0 aliphatic rings. The zero-order valence-corrected chi connectivity index (χ0v) is 15.4. The lowest BCUT2D eigenvalue weighted by Crippen LogP contribution is -2.32. The quantitative estimate of drug-likeness (QED) is 0.577. The highest BCUT2D eigenvalue weighted by Crippen LogP contribution is 2.14. The molecular formula is C19H25N3O4. The topological polar surface area (TPSA) is 90.3 Å². The maximum atomic E-state index is 12.6. The van der Waals surface area contributed by atoms with Crippen molar-refractivity contribution in [2.45, 2.75) is 45.6 Å². The molecule has 0 fully saturated rings. The Morgan fingerprint density at radius 3 is 2.50 bits per heavy atom. The first kappa shape index (κ1) is 19.6. The molecule has 0 atom stereocenters. The van der Waals surface area contributed by atoms with E-state index >= 15 is 0 Å². The summed E-state index contributed by atoms with van der Waals surface area (Å²) in [5.74, 6) is -0.524. The van der Waals surface area contributed by atoms with E-state index in [4.69, 9.17) is 0 Å². The fraction of sp³-hybridized carbons (Fsp3) is 0.474. The van der Waals surface area contributed by atoms with E-state index < -0.39 is 0 Å². The second-order valence-corrected chi connectivity index (χ2v) is 6.38. The van der Waals surface area contributed by atoms with Crippen molar-refractivity contribution < 1.29 is 14.3 Å². The Labute approximate surface area is 152 Å². The molecule has 2 rings (SSSR count). The van der Waals surface area contributed by atoms with Gasteiger partial charge in [0.2, 0.25) is 0 Å². The Bertz CT molecular complexity index is 842. The predicted octanol–water partition coefficient (Wildman–Crippen LogP) is 2.44. The van der Waals surface area contributed by atoms with Gasteiger partial charge in [0.05, 0.1) is 18.5 Å². The zero-order valence-electron chi connectivity index (χ0n) is 15.4. The van der Waals surface area contributed by atoms with Crippen LogP contribution in [0.2, 0.25) is 0 Å². The summed E-state index contributed by atoms with van der Waals surface area (Å²) in [6.45, 7) is 4.19. The maximum Gasteiger partial charge on any atom is 0.305 e. The van der Waals surface area contributed by atoms with Gasteiger partial charge in [-0.3, -0.25) is 14.4 Å². The number of benzene rings is 1. The molecule has 1 N–H and O–H groups in total. The van der Waals surface area contributed by atoms with E-state index in [9.17, 15) is 14.4 Å². The van der Waals surface area contributed by atoms with Crippen LogP contribution >= 0.6 is 0 Å². The van der Waals surface area contributed by atoms with Crippen LogP contribution < -0.4 is 10.9 Å². The summed E-state index contributed by atoms with van der Waals surface area (Å²) in [7, 11) is 1.37. The van der Waals surface area contributed by atoms with E-state index in [1.165, 1.54) is 11.8 Å². The lowest BCUT2D eigenvalue weighted by molar-refractivity contribution is -0.140. The van der Waals surface area contributed by atoms with Crippen molar-refractivity contribution in [2.24, 2.45) is 0 Å². The molecule has 0 bridgehead atoms. The number of ether oxygens (including phenoxy) is 1. The summed E-state index contributed by atoms with van der Waals surface area (Å²) in [5, 5.41) is 8.16. The first-order valence-electron chi connectivity index (χ1n) is 8.82. The van der Waals surface area contributed by atoms with Crippen LogP contribution in [0.25, 0.3) is 10.8 Å². The van der Waals surface area contributed by atoms with Gasteiger partial charge in [0.15, 0.2) is 5.69 Å². The minimum absolute atomic E-state index is 0.142. The molecule has 0 saturated heterocycles. The molecule has 0 saturated carbocycles. The molecule has 0 radical (unpaired) electrons. The fourth-order valence-electron chi connectivity index (χ4n) is 2.68. The molecule has 0 aliphatic heterocycles. The summed E-state index contributed by atoms with van der Waals surface area (Å²) in [6.07, 6.45) is 2.68. The van der Waals surface area contributed by atoms with Crippen molar-refractivity contribution in [3.05, 3.63) is 40.3 Å². The number of methoxy groups -OCH3 is 1. The summed E-state index contributed by atoms with van der Waals surface area (Å²) >= 11 is 0. The number of carbonyl (C=O) groups is 2. The first-order valence-corrected chi connectivity index (χ1v) is 8.82. The van der Waals surface area contributed by atoms with Gasteiger partial charge in [-0.15, -0.1) is 0 Å². The number of nitrogens with one attached hydrogen (secondary N) is 1. The number of nitrogens with zero attached hydrogens (tertiary/aromatic N) is 2. The van der Waals surface area contributed by atoms with Crippen molar-refractivity contribution in [1.82, 2.24) is 15.1 Å². The molecule has 0 spiro atoms. The third kappa shape index (κ3) is 4.68. The van der Waals surface area contributed by atoms with Crippen LogP contribution in [-0.4, -0.2) is 35.3 Å². The smallest absolute Gasteiger partial charge is 0.305 e. The third-order valence-corrected chi connectivity index (χ3v) is 4.10. The van der Waals surface area contributed by atoms with Crippen LogP contribution in [-0.2, 0) is 9.53 Å². The van der Waals surface area contributed by atoms with E-state index in [2.05, 4.69) is 15.2 Å². The van der Waals surface area contributed by atoms with Crippen molar-refractivity contribution in [2.75, 3.05) is 13.7 Å². The number of hydrogen-bond donors (Lipinski definition) is 1. The number of hydrogen-bond acceptors (Lipinski definition) is 5. The molecule has 1 aromatic heterocycles. The molecule has 1 heterocycles. The molecule has 26 heavy (non-hydrogen) atoms. The number of fused-ring (bicyclic) bond motifs is 1. The van der Waals surface area contributed by atoms with Gasteiger partial charge in [-0.2, -0.15) is 5.10 Å². The predicted molar refractivity (Wildman–Crippen MR) is 99.2 cm³/mol. The molecule has 1 amide bonds. The molecule has 7 heteroatoms. The van der Waals surface area contributed by atoms with E-state index in [-0.39, 0.29) is 29.2 Å². The van der Waals surface area contributed by atoms with Gasteiger partial charge in [0, 0.05) is 18.4 Å². The van der Waals surface area contributed by atoms with E-state index in [1.807, 2.05) is 13.8 Å². The minimum atomic E-state index is -0.302. The largest absolute Gasteiger partial charge is 0.469 e. The Kier molecular flexibility index (Phi) is 6.89. The Balaban J connectivity index is 2.07. The Hall–Kier alpha value is -2.70. The number of carbonyl (C=O) groups excluding carboxylic acids is 2. The van der Waals surface area contributed by atoms with Gasteiger partial charge < -0.3 is 10.1 Å².